The molecule has 1 aromatic rings. The van der Waals surface area contributed by atoms with Crippen molar-refractivity contribution in [3.8, 4) is 0 Å². The standard InChI is InChI=1S/C15H23N2O7P/c1-4-22-25(21,23-5-2)7-9-12-8(3)14(19)16-15(20)17(12)11-6-10(18)13(9)24-11/h9-11,13,18H,4-7H2,1-3H3,(H,16,19,20)/t9-,10-,11-,13?/m1/s1. The molecule has 2 aliphatic heterocycles. The summed E-state index contributed by atoms with van der Waals surface area (Å²) in [5.74, 6) is -0.646. The highest BCUT2D eigenvalue weighted by Gasteiger charge is 2.50. The Morgan fingerprint density at radius 1 is 1.32 bits per heavy atom. The van der Waals surface area contributed by atoms with E-state index in [1.807, 2.05) is 0 Å². The van der Waals surface area contributed by atoms with Crippen molar-refractivity contribution in [3.63, 3.8) is 0 Å². The minimum absolute atomic E-state index is 0.0765. The van der Waals surface area contributed by atoms with Gasteiger partial charge >= 0.3 is 13.3 Å². The van der Waals surface area contributed by atoms with Crippen molar-refractivity contribution in [3.05, 3.63) is 32.1 Å². The Hall–Kier alpha value is -1.25. The van der Waals surface area contributed by atoms with Gasteiger partial charge in [-0.25, -0.2) is 4.79 Å². The Morgan fingerprint density at radius 3 is 2.56 bits per heavy atom. The normalized spacial score (nSPS) is 28.2. The van der Waals surface area contributed by atoms with Gasteiger partial charge in [0.15, 0.2) is 0 Å². The molecule has 0 aromatic carbocycles. The molecular weight excluding hydrogens is 351 g/mol. The van der Waals surface area contributed by atoms with Gasteiger partial charge in [0, 0.05) is 23.6 Å². The van der Waals surface area contributed by atoms with Gasteiger partial charge in [-0.3, -0.25) is 18.9 Å². The number of rotatable bonds is 6. The van der Waals surface area contributed by atoms with Gasteiger partial charge in [-0.15, -0.1) is 0 Å². The lowest BCUT2D eigenvalue weighted by atomic mass is 9.94. The van der Waals surface area contributed by atoms with Crippen LogP contribution in [0.4, 0.5) is 0 Å². The summed E-state index contributed by atoms with van der Waals surface area (Å²) in [5, 5.41) is 10.3. The molecule has 9 nitrogen and oxygen atoms in total. The fourth-order valence-corrected chi connectivity index (χ4v) is 5.66. The van der Waals surface area contributed by atoms with Crippen molar-refractivity contribution in [1.82, 2.24) is 9.55 Å². The zero-order valence-corrected chi connectivity index (χ0v) is 15.3. The number of hydrogen-bond donors (Lipinski definition) is 2. The molecule has 2 aliphatic rings. The van der Waals surface area contributed by atoms with Crippen molar-refractivity contribution >= 4 is 7.60 Å². The maximum Gasteiger partial charge on any atom is 0.331 e. The summed E-state index contributed by atoms with van der Waals surface area (Å²) in [7, 11) is -3.47. The van der Waals surface area contributed by atoms with Crippen LogP contribution in [0.15, 0.2) is 9.59 Å². The van der Waals surface area contributed by atoms with Crippen LogP contribution in [-0.4, -0.2) is 46.2 Å². The van der Waals surface area contributed by atoms with Crippen LogP contribution in [0.1, 0.15) is 43.7 Å². The molecule has 25 heavy (non-hydrogen) atoms. The first kappa shape index (κ1) is 18.5. The molecule has 0 saturated carbocycles. The highest BCUT2D eigenvalue weighted by Crippen LogP contribution is 2.55. The van der Waals surface area contributed by atoms with Crippen LogP contribution < -0.4 is 11.2 Å². The fraction of sp³-hybridized carbons (Fsp3) is 0.733. The van der Waals surface area contributed by atoms with E-state index in [1.54, 1.807) is 20.8 Å². The van der Waals surface area contributed by atoms with Gasteiger partial charge in [-0.05, 0) is 20.8 Å². The van der Waals surface area contributed by atoms with E-state index in [9.17, 15) is 19.3 Å². The second-order valence-corrected chi connectivity index (χ2v) is 8.34. The minimum atomic E-state index is -3.47. The molecule has 140 valence electrons. The van der Waals surface area contributed by atoms with E-state index in [0.717, 1.165) is 0 Å². The molecule has 1 saturated heterocycles. The summed E-state index contributed by atoms with van der Waals surface area (Å²) in [4.78, 5) is 26.7. The lowest BCUT2D eigenvalue weighted by molar-refractivity contribution is -0.0550. The Kier molecular flexibility index (Phi) is 5.05. The maximum absolute atomic E-state index is 13.0. The maximum atomic E-state index is 13.0. The topological polar surface area (TPSA) is 120 Å². The molecule has 3 heterocycles. The quantitative estimate of drug-likeness (QED) is 0.709. The number of aliphatic hydroxyl groups excluding tert-OH is 1. The molecule has 2 N–H and O–H groups in total. The van der Waals surface area contributed by atoms with Gasteiger partial charge in [0.25, 0.3) is 5.56 Å². The first-order valence-electron chi connectivity index (χ1n) is 8.38. The second kappa shape index (κ2) is 6.81. The van der Waals surface area contributed by atoms with E-state index >= 15 is 0 Å². The van der Waals surface area contributed by atoms with Gasteiger partial charge in [0.05, 0.1) is 31.6 Å². The zero-order valence-electron chi connectivity index (χ0n) is 14.4. The first-order chi connectivity index (χ1) is 11.8. The summed E-state index contributed by atoms with van der Waals surface area (Å²) < 4.78 is 30.8. The number of ether oxygens (including phenoxy) is 1. The van der Waals surface area contributed by atoms with Crippen LogP contribution in [0, 0.1) is 6.92 Å². The van der Waals surface area contributed by atoms with Gasteiger partial charge in [-0.1, -0.05) is 0 Å². The minimum Gasteiger partial charge on any atom is -0.390 e. The Labute approximate surface area is 144 Å². The van der Waals surface area contributed by atoms with E-state index < -0.39 is 43.2 Å². The lowest BCUT2D eigenvalue weighted by Crippen LogP contribution is -2.44. The predicted molar refractivity (Wildman–Crippen MR) is 89.1 cm³/mol. The molecule has 3 rings (SSSR count). The van der Waals surface area contributed by atoms with Crippen molar-refractivity contribution in [2.75, 3.05) is 19.4 Å². The van der Waals surface area contributed by atoms with Crippen LogP contribution in [0.25, 0.3) is 0 Å². The van der Waals surface area contributed by atoms with Crippen LogP contribution in [0.5, 0.6) is 0 Å². The average Bonchev–Trinajstić information content (AvgIpc) is 2.85. The third kappa shape index (κ3) is 3.15. The molecule has 2 bridgehead atoms. The summed E-state index contributed by atoms with van der Waals surface area (Å²) in [5.41, 5.74) is -0.321. The monoisotopic (exact) mass is 374 g/mol. The van der Waals surface area contributed by atoms with Gasteiger partial charge in [0.2, 0.25) is 0 Å². The van der Waals surface area contributed by atoms with E-state index in [4.69, 9.17) is 13.8 Å². The van der Waals surface area contributed by atoms with E-state index in [1.165, 1.54) is 4.57 Å². The number of nitrogens with zero attached hydrogens (tertiary/aromatic N) is 1. The Bertz CT molecular complexity index is 807. The van der Waals surface area contributed by atoms with Crippen molar-refractivity contribution in [2.45, 2.75) is 51.5 Å². The first-order valence-corrected chi connectivity index (χ1v) is 10.1. The molecular formula is C15H23N2O7P. The smallest absolute Gasteiger partial charge is 0.331 e. The van der Waals surface area contributed by atoms with E-state index in [-0.39, 0.29) is 25.8 Å². The van der Waals surface area contributed by atoms with Gasteiger partial charge < -0.3 is 18.9 Å². The van der Waals surface area contributed by atoms with Crippen molar-refractivity contribution < 1.29 is 23.5 Å². The molecule has 0 amide bonds. The number of fused-ring (bicyclic) bond motifs is 4. The molecule has 0 aliphatic carbocycles. The number of aliphatic hydroxyl groups is 1. The highest BCUT2D eigenvalue weighted by molar-refractivity contribution is 7.53. The molecule has 4 atom stereocenters. The number of aromatic amines is 1. The lowest BCUT2D eigenvalue weighted by Gasteiger charge is -2.35. The zero-order chi connectivity index (χ0) is 18.4. The predicted octanol–water partition coefficient (Wildman–Crippen LogP) is 0.857. The van der Waals surface area contributed by atoms with Gasteiger partial charge in [0.1, 0.15) is 6.23 Å². The number of hydrogen-bond acceptors (Lipinski definition) is 7. The molecule has 10 heteroatoms. The van der Waals surface area contributed by atoms with Crippen LogP contribution in [0.2, 0.25) is 0 Å². The summed E-state index contributed by atoms with van der Waals surface area (Å²) in [6, 6.07) is 0. The largest absolute Gasteiger partial charge is 0.390 e. The summed E-state index contributed by atoms with van der Waals surface area (Å²) in [6.45, 7) is 5.40. The van der Waals surface area contributed by atoms with Crippen molar-refractivity contribution in [2.24, 2.45) is 0 Å². The van der Waals surface area contributed by atoms with E-state index in [2.05, 4.69) is 4.98 Å². The SMILES string of the molecule is CCOP(=O)(C[C@@H]1c2c(C)c(=O)[nH]c(=O)n2[C@H]2C[C@@H](O)C1O2)OCC. The third-order valence-corrected chi connectivity index (χ3v) is 6.81. The average molecular weight is 374 g/mol. The highest BCUT2D eigenvalue weighted by atomic mass is 31.2. The molecule has 1 fully saturated rings. The Morgan fingerprint density at radius 2 is 1.96 bits per heavy atom. The third-order valence-electron chi connectivity index (χ3n) is 4.67. The number of H-pyrrole nitrogens is 1. The summed E-state index contributed by atoms with van der Waals surface area (Å²) in [6.07, 6.45) is -1.99. The van der Waals surface area contributed by atoms with Crippen LogP contribution in [0.3, 0.4) is 0 Å². The second-order valence-electron chi connectivity index (χ2n) is 6.23. The molecule has 1 aromatic heterocycles. The van der Waals surface area contributed by atoms with E-state index in [0.29, 0.717) is 11.3 Å². The number of nitrogens with one attached hydrogen (secondary N) is 1. The summed E-state index contributed by atoms with van der Waals surface area (Å²) >= 11 is 0. The van der Waals surface area contributed by atoms with Gasteiger partial charge in [-0.2, -0.15) is 0 Å². The van der Waals surface area contributed by atoms with Crippen LogP contribution in [-0.2, 0) is 18.3 Å². The Balaban J connectivity index is 2.13. The molecule has 0 radical (unpaired) electrons. The fourth-order valence-electron chi connectivity index (χ4n) is 3.72. The molecule has 0 spiro atoms. The number of aromatic nitrogens is 2. The van der Waals surface area contributed by atoms with Crippen molar-refractivity contribution in [1.29, 1.82) is 0 Å². The van der Waals surface area contributed by atoms with Crippen LogP contribution >= 0.6 is 7.60 Å². The molecule has 1 unspecified atom stereocenters.